The van der Waals surface area contributed by atoms with E-state index in [1.165, 1.54) is 43.2 Å². The van der Waals surface area contributed by atoms with Gasteiger partial charge in [-0.1, -0.05) is 74.9 Å². The minimum Gasteiger partial charge on any atom is -0.239 e. The smallest absolute Gasteiger partial charge is 0.121 e. The van der Waals surface area contributed by atoms with Gasteiger partial charge in [0.2, 0.25) is 0 Å². The van der Waals surface area contributed by atoms with Gasteiger partial charge in [0.05, 0.1) is 15.7 Å². The molecule has 1 unspecified atom stereocenters. The lowest BCUT2D eigenvalue weighted by atomic mass is 9.94. The maximum atomic E-state index is 5.01. The predicted molar refractivity (Wildman–Crippen MR) is 118 cm³/mol. The van der Waals surface area contributed by atoms with E-state index in [0.717, 1.165) is 28.0 Å². The molecule has 4 rings (SSSR count). The van der Waals surface area contributed by atoms with Crippen LogP contribution in [0.25, 0.3) is 21.3 Å². The fourth-order valence-corrected chi connectivity index (χ4v) is 5.01. The zero-order chi connectivity index (χ0) is 19.4. The van der Waals surface area contributed by atoms with Crippen LogP contribution in [0.1, 0.15) is 63.8 Å². The molecule has 0 radical (unpaired) electrons. The first kappa shape index (κ1) is 19.1. The second-order valence-electron chi connectivity index (χ2n) is 7.77. The van der Waals surface area contributed by atoms with Crippen LogP contribution in [0.5, 0.6) is 0 Å². The molecule has 2 aromatic heterocycles. The Hall–Kier alpha value is -2.27. The van der Waals surface area contributed by atoms with Crippen molar-refractivity contribution < 1.29 is 0 Å². The number of hydrogen-bond donors (Lipinski definition) is 0. The van der Waals surface area contributed by atoms with Crippen LogP contribution in [-0.2, 0) is 5.54 Å². The minimum atomic E-state index is -0.287. The van der Waals surface area contributed by atoms with Crippen molar-refractivity contribution in [2.45, 2.75) is 64.3 Å². The third kappa shape index (κ3) is 3.68. The van der Waals surface area contributed by atoms with Gasteiger partial charge in [-0.3, -0.25) is 0 Å². The van der Waals surface area contributed by atoms with Crippen molar-refractivity contribution in [2.24, 2.45) is 0 Å². The summed E-state index contributed by atoms with van der Waals surface area (Å²) in [5.41, 5.74) is 2.80. The van der Waals surface area contributed by atoms with Gasteiger partial charge in [-0.25, -0.2) is 9.67 Å². The van der Waals surface area contributed by atoms with E-state index in [0.29, 0.717) is 0 Å². The standard InChI is InChI=1S/C23H28N4S/c1-3-4-5-6-7-12-17-23(2,22-24-19-14-9-11-16-21(19)28-22)27-20-15-10-8-13-18(20)25-26-27/h8-11,13-16H,3-7,12,17H2,1-2H3. The molecule has 0 saturated carbocycles. The lowest BCUT2D eigenvalue weighted by Crippen LogP contribution is -2.32. The highest BCUT2D eigenvalue weighted by Crippen LogP contribution is 2.38. The quantitative estimate of drug-likeness (QED) is 0.303. The van der Waals surface area contributed by atoms with Gasteiger partial charge in [0.25, 0.3) is 0 Å². The maximum Gasteiger partial charge on any atom is 0.121 e. The summed E-state index contributed by atoms with van der Waals surface area (Å²) in [6.07, 6.45) is 8.71. The third-order valence-corrected chi connectivity index (χ3v) is 6.88. The predicted octanol–water partition coefficient (Wildman–Crippen LogP) is 6.56. The first-order valence-corrected chi connectivity index (χ1v) is 11.2. The monoisotopic (exact) mass is 392 g/mol. The Morgan fingerprint density at radius 2 is 1.61 bits per heavy atom. The van der Waals surface area contributed by atoms with Crippen molar-refractivity contribution in [1.82, 2.24) is 20.0 Å². The number of hydrogen-bond acceptors (Lipinski definition) is 4. The number of para-hydroxylation sites is 2. The zero-order valence-electron chi connectivity index (χ0n) is 16.8. The molecular weight excluding hydrogens is 364 g/mol. The summed E-state index contributed by atoms with van der Waals surface area (Å²) in [4.78, 5) is 5.01. The largest absolute Gasteiger partial charge is 0.239 e. The average molecular weight is 393 g/mol. The Bertz CT molecular complexity index is 1020. The molecule has 0 fully saturated rings. The molecular formula is C23H28N4S. The summed E-state index contributed by atoms with van der Waals surface area (Å²) in [5.74, 6) is 0. The van der Waals surface area contributed by atoms with Crippen molar-refractivity contribution in [3.8, 4) is 0 Å². The van der Waals surface area contributed by atoms with Gasteiger partial charge in [0, 0.05) is 0 Å². The van der Waals surface area contributed by atoms with Crippen LogP contribution in [0.15, 0.2) is 48.5 Å². The molecule has 0 bridgehead atoms. The molecule has 146 valence electrons. The fourth-order valence-electron chi connectivity index (χ4n) is 3.89. The molecule has 4 aromatic rings. The maximum absolute atomic E-state index is 5.01. The summed E-state index contributed by atoms with van der Waals surface area (Å²) < 4.78 is 3.34. The molecule has 0 N–H and O–H groups in total. The topological polar surface area (TPSA) is 43.6 Å². The van der Waals surface area contributed by atoms with Gasteiger partial charge in [-0.15, -0.1) is 16.4 Å². The Morgan fingerprint density at radius 1 is 0.893 bits per heavy atom. The number of fused-ring (bicyclic) bond motifs is 2. The number of aromatic nitrogens is 4. The highest BCUT2D eigenvalue weighted by atomic mass is 32.1. The molecule has 0 aliphatic carbocycles. The number of thiazole rings is 1. The average Bonchev–Trinajstić information content (AvgIpc) is 3.35. The summed E-state index contributed by atoms with van der Waals surface area (Å²) >= 11 is 1.78. The van der Waals surface area contributed by atoms with Gasteiger partial charge in [-0.2, -0.15) is 0 Å². The second-order valence-corrected chi connectivity index (χ2v) is 8.80. The van der Waals surface area contributed by atoms with Gasteiger partial charge >= 0.3 is 0 Å². The van der Waals surface area contributed by atoms with Crippen LogP contribution in [0.2, 0.25) is 0 Å². The molecule has 4 nitrogen and oxygen atoms in total. The lowest BCUT2D eigenvalue weighted by molar-refractivity contribution is 0.316. The molecule has 2 heterocycles. The Balaban J connectivity index is 1.68. The molecule has 5 heteroatoms. The SMILES string of the molecule is CCCCCCCCC(C)(c1nc2ccccc2s1)n1nnc2ccccc21. The fraction of sp³-hybridized carbons (Fsp3) is 0.435. The first-order valence-electron chi connectivity index (χ1n) is 10.4. The third-order valence-electron chi connectivity index (χ3n) is 5.59. The highest BCUT2D eigenvalue weighted by molar-refractivity contribution is 7.18. The van der Waals surface area contributed by atoms with Gasteiger partial charge < -0.3 is 0 Å². The number of benzene rings is 2. The van der Waals surface area contributed by atoms with E-state index < -0.39 is 0 Å². The Morgan fingerprint density at radius 3 is 2.43 bits per heavy atom. The molecule has 1 atom stereocenters. The molecule has 0 amide bonds. The lowest BCUT2D eigenvalue weighted by Gasteiger charge is -2.28. The summed E-state index contributed by atoms with van der Waals surface area (Å²) in [7, 11) is 0. The van der Waals surface area contributed by atoms with Crippen molar-refractivity contribution in [1.29, 1.82) is 0 Å². The van der Waals surface area contributed by atoms with Crippen molar-refractivity contribution >= 4 is 32.6 Å². The summed E-state index contributed by atoms with van der Waals surface area (Å²) in [6, 6.07) is 16.6. The van der Waals surface area contributed by atoms with Crippen LogP contribution >= 0.6 is 11.3 Å². The molecule has 0 saturated heterocycles. The van der Waals surface area contributed by atoms with E-state index in [2.05, 4.69) is 65.2 Å². The molecule has 0 aliphatic rings. The highest BCUT2D eigenvalue weighted by Gasteiger charge is 2.34. The number of rotatable bonds is 9. The van der Waals surface area contributed by atoms with E-state index in [4.69, 9.17) is 4.98 Å². The second kappa shape index (κ2) is 8.39. The van der Waals surface area contributed by atoms with E-state index in [1.807, 2.05) is 12.1 Å². The zero-order valence-corrected chi connectivity index (χ0v) is 17.6. The summed E-state index contributed by atoms with van der Waals surface area (Å²) in [5, 5.41) is 10.1. The van der Waals surface area contributed by atoms with Crippen molar-refractivity contribution in [3.63, 3.8) is 0 Å². The first-order chi connectivity index (χ1) is 13.7. The summed E-state index contributed by atoms with van der Waals surface area (Å²) in [6.45, 7) is 4.54. The van der Waals surface area contributed by atoms with Crippen LogP contribution in [-0.4, -0.2) is 20.0 Å². The van der Waals surface area contributed by atoms with Crippen LogP contribution in [0.4, 0.5) is 0 Å². The normalized spacial score (nSPS) is 13.9. The minimum absolute atomic E-state index is 0.287. The van der Waals surface area contributed by atoms with Crippen LogP contribution in [0, 0.1) is 0 Å². The molecule has 2 aromatic carbocycles. The van der Waals surface area contributed by atoms with Gasteiger partial charge in [0.1, 0.15) is 16.1 Å². The Labute approximate surface area is 170 Å². The van der Waals surface area contributed by atoms with E-state index in [-0.39, 0.29) is 5.54 Å². The number of nitrogens with zero attached hydrogens (tertiary/aromatic N) is 4. The van der Waals surface area contributed by atoms with E-state index >= 15 is 0 Å². The van der Waals surface area contributed by atoms with Crippen molar-refractivity contribution in [2.75, 3.05) is 0 Å². The van der Waals surface area contributed by atoms with Gasteiger partial charge in [-0.05, 0) is 37.6 Å². The molecule has 0 aliphatic heterocycles. The Kier molecular flexibility index (Phi) is 5.72. The molecule has 0 spiro atoms. The van der Waals surface area contributed by atoms with Crippen LogP contribution < -0.4 is 0 Å². The van der Waals surface area contributed by atoms with E-state index in [1.54, 1.807) is 11.3 Å². The van der Waals surface area contributed by atoms with E-state index in [9.17, 15) is 0 Å². The number of unbranched alkanes of at least 4 members (excludes halogenated alkanes) is 5. The van der Waals surface area contributed by atoms with Crippen LogP contribution in [0.3, 0.4) is 0 Å². The molecule has 28 heavy (non-hydrogen) atoms. The van der Waals surface area contributed by atoms with Gasteiger partial charge in [0.15, 0.2) is 0 Å². The van der Waals surface area contributed by atoms with Crippen molar-refractivity contribution in [3.05, 3.63) is 53.5 Å².